The molecule has 2 N–H and O–H groups in total. The van der Waals surface area contributed by atoms with Crippen LogP contribution in [0.4, 0.5) is 11.4 Å². The van der Waals surface area contributed by atoms with Gasteiger partial charge in [0.2, 0.25) is 5.88 Å². The van der Waals surface area contributed by atoms with Gasteiger partial charge < -0.3 is 5.11 Å². The maximum absolute atomic E-state index is 13.4. The zero-order valence-electron chi connectivity index (χ0n) is 22.7. The minimum atomic E-state index is -3.93. The van der Waals surface area contributed by atoms with Crippen molar-refractivity contribution in [1.82, 2.24) is 4.57 Å². The third-order valence-electron chi connectivity index (χ3n) is 6.82. The first-order chi connectivity index (χ1) is 19.5. The minimum absolute atomic E-state index is 0.0615. The third-order valence-corrected chi connectivity index (χ3v) is 8.60. The fourth-order valence-electron chi connectivity index (χ4n) is 4.56. The molecular weight excluding hydrogens is 558 g/mol. The van der Waals surface area contributed by atoms with E-state index in [2.05, 4.69) is 23.6 Å². The molecule has 0 saturated heterocycles. The SMILES string of the molecule is Cc1ccc(N=Cc2c(O)n(-c3ccc(C(C)C)cc3)c(=O)c3ccccc23)cc1S(=O)(=O)Nc1ccc(Cl)cc1. The maximum atomic E-state index is 13.4. The van der Waals surface area contributed by atoms with Crippen LogP contribution in [0, 0.1) is 6.92 Å². The second-order valence-corrected chi connectivity index (χ2v) is 12.1. The Balaban J connectivity index is 1.57. The topological polar surface area (TPSA) is 101 Å². The Morgan fingerprint density at radius 2 is 1.59 bits per heavy atom. The summed E-state index contributed by atoms with van der Waals surface area (Å²) in [6.45, 7) is 5.86. The molecule has 1 heterocycles. The average molecular weight is 586 g/mol. The van der Waals surface area contributed by atoms with Crippen molar-refractivity contribution >= 4 is 50.0 Å². The number of aromatic nitrogens is 1. The fourth-order valence-corrected chi connectivity index (χ4v) is 6.01. The van der Waals surface area contributed by atoms with Crippen LogP contribution in [0.15, 0.2) is 106 Å². The smallest absolute Gasteiger partial charge is 0.265 e. The molecule has 0 fully saturated rings. The summed E-state index contributed by atoms with van der Waals surface area (Å²) in [7, 11) is -3.93. The summed E-state index contributed by atoms with van der Waals surface area (Å²) in [6.07, 6.45) is 1.45. The first kappa shape index (κ1) is 28.1. The number of nitrogens with zero attached hydrogens (tertiary/aromatic N) is 2. The average Bonchev–Trinajstić information content (AvgIpc) is 2.95. The molecule has 0 radical (unpaired) electrons. The van der Waals surface area contributed by atoms with Gasteiger partial charge in [0.05, 0.1) is 21.8 Å². The van der Waals surface area contributed by atoms with Crippen molar-refractivity contribution in [2.75, 3.05) is 4.72 Å². The summed E-state index contributed by atoms with van der Waals surface area (Å²) < 4.78 is 30.2. The molecule has 41 heavy (non-hydrogen) atoms. The molecule has 0 saturated carbocycles. The van der Waals surface area contributed by atoms with E-state index in [-0.39, 0.29) is 16.3 Å². The largest absolute Gasteiger partial charge is 0.494 e. The Labute approximate surface area is 243 Å². The van der Waals surface area contributed by atoms with E-state index in [1.165, 1.54) is 16.8 Å². The lowest BCUT2D eigenvalue weighted by atomic mass is 10.0. The lowest BCUT2D eigenvalue weighted by Crippen LogP contribution is -2.20. The van der Waals surface area contributed by atoms with Crippen LogP contribution in [0.5, 0.6) is 5.88 Å². The quantitative estimate of drug-likeness (QED) is 0.195. The van der Waals surface area contributed by atoms with Gasteiger partial charge in [-0.2, -0.15) is 0 Å². The second kappa shape index (κ2) is 11.2. The van der Waals surface area contributed by atoms with Crippen LogP contribution in [-0.4, -0.2) is 24.3 Å². The predicted molar refractivity (Wildman–Crippen MR) is 166 cm³/mol. The minimum Gasteiger partial charge on any atom is -0.494 e. The number of aryl methyl sites for hydroxylation is 1. The number of hydrogen-bond donors (Lipinski definition) is 2. The Kier molecular flexibility index (Phi) is 7.71. The highest BCUT2D eigenvalue weighted by Gasteiger charge is 2.19. The number of nitrogens with one attached hydrogen (secondary N) is 1. The zero-order valence-corrected chi connectivity index (χ0v) is 24.2. The van der Waals surface area contributed by atoms with Crippen molar-refractivity contribution in [2.45, 2.75) is 31.6 Å². The number of sulfonamides is 1. The summed E-state index contributed by atoms with van der Waals surface area (Å²) in [5, 5.41) is 12.8. The van der Waals surface area contributed by atoms with Gasteiger partial charge in [-0.1, -0.05) is 61.8 Å². The standard InChI is InChI=1S/C32H28ClN3O4S/c1-20(2)22-9-16-26(17-10-22)36-31(37)28-7-5-4-6-27(28)29(32(36)38)19-34-25-13-8-21(3)30(18-25)41(39,40)35-24-14-11-23(33)12-15-24/h4-20,35,38H,1-3H3. The van der Waals surface area contributed by atoms with Crippen molar-refractivity contribution in [3.05, 3.63) is 123 Å². The van der Waals surface area contributed by atoms with Gasteiger partial charge in [-0.3, -0.25) is 14.5 Å². The van der Waals surface area contributed by atoms with E-state index >= 15 is 0 Å². The van der Waals surface area contributed by atoms with Gasteiger partial charge >= 0.3 is 0 Å². The molecule has 208 valence electrons. The molecule has 0 spiro atoms. The Morgan fingerprint density at radius 3 is 2.24 bits per heavy atom. The summed E-state index contributed by atoms with van der Waals surface area (Å²) in [5.74, 6) is 0.0531. The molecule has 0 bridgehead atoms. The van der Waals surface area contributed by atoms with E-state index in [4.69, 9.17) is 11.6 Å². The highest BCUT2D eigenvalue weighted by Crippen LogP contribution is 2.29. The van der Waals surface area contributed by atoms with Crippen LogP contribution in [0.2, 0.25) is 5.02 Å². The first-order valence-electron chi connectivity index (χ1n) is 13.0. The molecular formula is C32H28ClN3O4S. The fraction of sp³-hybridized carbons (Fsp3) is 0.125. The molecule has 9 heteroatoms. The van der Waals surface area contributed by atoms with Crippen molar-refractivity contribution in [2.24, 2.45) is 4.99 Å². The molecule has 0 aliphatic carbocycles. The number of benzene rings is 4. The van der Waals surface area contributed by atoms with Gasteiger partial charge in [0.1, 0.15) is 0 Å². The number of aliphatic imine (C=N–C) groups is 1. The molecule has 0 amide bonds. The summed E-state index contributed by atoms with van der Waals surface area (Å²) in [6, 6.07) is 25.6. The lowest BCUT2D eigenvalue weighted by Gasteiger charge is -2.15. The summed E-state index contributed by atoms with van der Waals surface area (Å²) in [4.78, 5) is 18.0. The normalized spacial score (nSPS) is 11.9. The van der Waals surface area contributed by atoms with Crippen LogP contribution < -0.4 is 10.3 Å². The number of fused-ring (bicyclic) bond motifs is 1. The Hall–Kier alpha value is -4.40. The van der Waals surface area contributed by atoms with Gasteiger partial charge in [-0.25, -0.2) is 13.0 Å². The van der Waals surface area contributed by atoms with Crippen LogP contribution in [0.25, 0.3) is 16.5 Å². The highest BCUT2D eigenvalue weighted by molar-refractivity contribution is 7.92. The number of pyridine rings is 1. The third kappa shape index (κ3) is 5.75. The van der Waals surface area contributed by atoms with E-state index in [0.29, 0.717) is 49.9 Å². The van der Waals surface area contributed by atoms with Crippen LogP contribution >= 0.6 is 11.6 Å². The van der Waals surface area contributed by atoms with Crippen LogP contribution in [-0.2, 0) is 10.0 Å². The molecule has 4 aromatic carbocycles. The zero-order chi connectivity index (χ0) is 29.3. The number of anilines is 1. The van der Waals surface area contributed by atoms with E-state index in [1.54, 1.807) is 79.7 Å². The van der Waals surface area contributed by atoms with Crippen LogP contribution in [0.1, 0.15) is 36.5 Å². The predicted octanol–water partition coefficient (Wildman–Crippen LogP) is 7.33. The monoisotopic (exact) mass is 585 g/mol. The van der Waals surface area contributed by atoms with Crippen molar-refractivity contribution < 1.29 is 13.5 Å². The molecule has 7 nitrogen and oxygen atoms in total. The highest BCUT2D eigenvalue weighted by atomic mass is 35.5. The Bertz CT molecular complexity index is 1950. The van der Waals surface area contributed by atoms with E-state index < -0.39 is 10.0 Å². The summed E-state index contributed by atoms with van der Waals surface area (Å²) >= 11 is 5.92. The Morgan fingerprint density at radius 1 is 0.927 bits per heavy atom. The molecule has 0 aliphatic rings. The van der Waals surface area contributed by atoms with Gasteiger partial charge in [0.25, 0.3) is 15.6 Å². The van der Waals surface area contributed by atoms with E-state index in [0.717, 1.165) is 5.56 Å². The molecule has 5 rings (SSSR count). The van der Waals surface area contributed by atoms with Crippen molar-refractivity contribution in [3.8, 4) is 11.6 Å². The molecule has 0 atom stereocenters. The molecule has 5 aromatic rings. The lowest BCUT2D eigenvalue weighted by molar-refractivity contribution is 0.436. The molecule has 1 aromatic heterocycles. The number of rotatable bonds is 7. The summed E-state index contributed by atoms with van der Waals surface area (Å²) in [5.41, 5.74) is 2.88. The number of hydrogen-bond acceptors (Lipinski definition) is 5. The number of aromatic hydroxyl groups is 1. The van der Waals surface area contributed by atoms with Crippen LogP contribution in [0.3, 0.4) is 0 Å². The van der Waals surface area contributed by atoms with Gasteiger partial charge in [0, 0.05) is 27.7 Å². The van der Waals surface area contributed by atoms with Crippen molar-refractivity contribution in [3.63, 3.8) is 0 Å². The second-order valence-electron chi connectivity index (χ2n) is 9.99. The van der Waals surface area contributed by atoms with E-state index in [1.807, 2.05) is 12.1 Å². The van der Waals surface area contributed by atoms with E-state index in [9.17, 15) is 18.3 Å². The van der Waals surface area contributed by atoms with Gasteiger partial charge in [-0.05, 0) is 78.6 Å². The van der Waals surface area contributed by atoms with Crippen molar-refractivity contribution in [1.29, 1.82) is 0 Å². The maximum Gasteiger partial charge on any atom is 0.265 e. The first-order valence-corrected chi connectivity index (χ1v) is 14.8. The van der Waals surface area contributed by atoms with Gasteiger partial charge in [-0.15, -0.1) is 0 Å². The number of halogens is 1. The molecule has 0 unspecified atom stereocenters. The molecule has 0 aliphatic heterocycles. The van der Waals surface area contributed by atoms with Gasteiger partial charge in [0.15, 0.2) is 0 Å².